The Morgan fingerprint density at radius 1 is 1.40 bits per heavy atom. The van der Waals surface area contributed by atoms with Crippen molar-refractivity contribution in [1.29, 1.82) is 0 Å². The Kier molecular flexibility index (Phi) is 6.01. The summed E-state index contributed by atoms with van der Waals surface area (Å²) in [6.07, 6.45) is 0. The summed E-state index contributed by atoms with van der Waals surface area (Å²) in [6, 6.07) is -0.252. The molecule has 1 aromatic rings. The lowest BCUT2D eigenvalue weighted by Crippen LogP contribution is -2.43. The van der Waals surface area contributed by atoms with Crippen molar-refractivity contribution in [2.75, 3.05) is 13.7 Å². The Labute approximate surface area is 120 Å². The van der Waals surface area contributed by atoms with Crippen LogP contribution in [0.5, 0.6) is 5.88 Å². The van der Waals surface area contributed by atoms with Crippen LogP contribution in [-0.2, 0) is 18.4 Å². The normalized spacial score (nSPS) is 12.6. The van der Waals surface area contributed by atoms with Crippen LogP contribution in [0.2, 0.25) is 0 Å². The summed E-state index contributed by atoms with van der Waals surface area (Å²) in [5.74, 6) is 1.19. The Morgan fingerprint density at radius 2 is 2.05 bits per heavy atom. The average Bonchev–Trinajstić information content (AvgIpc) is 2.66. The van der Waals surface area contributed by atoms with E-state index in [1.54, 1.807) is 11.8 Å². The van der Waals surface area contributed by atoms with Crippen molar-refractivity contribution in [2.24, 2.45) is 13.0 Å². The number of nitrogens with zero attached hydrogens (tertiary/aromatic N) is 2. The van der Waals surface area contributed by atoms with E-state index in [-0.39, 0.29) is 11.9 Å². The zero-order valence-corrected chi connectivity index (χ0v) is 13.3. The number of amides is 1. The fourth-order valence-corrected chi connectivity index (χ4v) is 1.95. The van der Waals surface area contributed by atoms with Crippen LogP contribution >= 0.6 is 0 Å². The predicted molar refractivity (Wildman–Crippen MR) is 78.6 cm³/mol. The summed E-state index contributed by atoms with van der Waals surface area (Å²) in [5, 5.41) is 10.4. The molecule has 0 aromatic carbocycles. The van der Waals surface area contributed by atoms with Gasteiger partial charge in [0.2, 0.25) is 11.8 Å². The van der Waals surface area contributed by atoms with Gasteiger partial charge in [-0.1, -0.05) is 13.8 Å². The molecule has 2 N–H and O–H groups in total. The van der Waals surface area contributed by atoms with Crippen LogP contribution in [0, 0.1) is 12.8 Å². The van der Waals surface area contributed by atoms with Crippen LogP contribution in [0.15, 0.2) is 0 Å². The number of aromatic nitrogens is 2. The molecule has 1 amide bonds. The molecule has 0 aliphatic rings. The minimum Gasteiger partial charge on any atom is -0.481 e. The van der Waals surface area contributed by atoms with Crippen molar-refractivity contribution in [1.82, 2.24) is 20.4 Å². The summed E-state index contributed by atoms with van der Waals surface area (Å²) >= 11 is 0. The van der Waals surface area contributed by atoms with E-state index in [2.05, 4.69) is 29.6 Å². The SMILES string of the molecule is COc1c(CNC(C)C(=O)NCC(C)C)c(C)nn1C. The molecule has 0 spiro atoms. The predicted octanol–water partition coefficient (Wildman–Crippen LogP) is 0.987. The van der Waals surface area contributed by atoms with Crippen molar-refractivity contribution >= 4 is 5.91 Å². The highest BCUT2D eigenvalue weighted by atomic mass is 16.5. The number of ether oxygens (including phenoxy) is 1. The Bertz CT molecular complexity index is 454. The molecule has 6 nitrogen and oxygen atoms in total. The zero-order chi connectivity index (χ0) is 15.3. The lowest BCUT2D eigenvalue weighted by atomic mass is 10.2. The van der Waals surface area contributed by atoms with E-state index in [9.17, 15) is 4.79 Å². The van der Waals surface area contributed by atoms with E-state index in [0.717, 1.165) is 17.1 Å². The summed E-state index contributed by atoms with van der Waals surface area (Å²) in [4.78, 5) is 11.9. The third-order valence-electron chi connectivity index (χ3n) is 3.15. The molecule has 1 unspecified atom stereocenters. The first-order chi connectivity index (χ1) is 9.36. The number of rotatable bonds is 7. The largest absolute Gasteiger partial charge is 0.481 e. The Hall–Kier alpha value is -1.56. The van der Waals surface area contributed by atoms with Gasteiger partial charge in [0.15, 0.2) is 0 Å². The summed E-state index contributed by atoms with van der Waals surface area (Å²) in [7, 11) is 3.47. The van der Waals surface area contributed by atoms with Crippen molar-refractivity contribution in [3.05, 3.63) is 11.3 Å². The molecule has 1 rings (SSSR count). The minimum atomic E-state index is -0.252. The third-order valence-corrected chi connectivity index (χ3v) is 3.15. The fourth-order valence-electron chi connectivity index (χ4n) is 1.95. The second-order valence-corrected chi connectivity index (χ2v) is 5.44. The molecule has 1 aromatic heterocycles. The van der Waals surface area contributed by atoms with Gasteiger partial charge in [0.1, 0.15) is 0 Å². The van der Waals surface area contributed by atoms with E-state index in [1.165, 1.54) is 0 Å². The Morgan fingerprint density at radius 3 is 2.60 bits per heavy atom. The highest BCUT2D eigenvalue weighted by Gasteiger charge is 2.17. The van der Waals surface area contributed by atoms with Gasteiger partial charge >= 0.3 is 0 Å². The molecule has 0 saturated heterocycles. The van der Waals surface area contributed by atoms with Gasteiger partial charge < -0.3 is 15.4 Å². The molecular weight excluding hydrogens is 256 g/mol. The van der Waals surface area contributed by atoms with Crippen LogP contribution in [0.4, 0.5) is 0 Å². The van der Waals surface area contributed by atoms with E-state index in [0.29, 0.717) is 19.0 Å². The van der Waals surface area contributed by atoms with Crippen molar-refractivity contribution in [3.8, 4) is 5.88 Å². The topological polar surface area (TPSA) is 68.2 Å². The van der Waals surface area contributed by atoms with Crippen LogP contribution in [-0.4, -0.2) is 35.4 Å². The van der Waals surface area contributed by atoms with Crippen LogP contribution in [0.25, 0.3) is 0 Å². The number of methoxy groups -OCH3 is 1. The Balaban J connectivity index is 2.56. The highest BCUT2D eigenvalue weighted by molar-refractivity contribution is 5.81. The van der Waals surface area contributed by atoms with E-state index >= 15 is 0 Å². The smallest absolute Gasteiger partial charge is 0.236 e. The molecule has 0 fully saturated rings. The van der Waals surface area contributed by atoms with Gasteiger partial charge in [-0.05, 0) is 19.8 Å². The monoisotopic (exact) mass is 282 g/mol. The van der Waals surface area contributed by atoms with Gasteiger partial charge in [0, 0.05) is 20.1 Å². The van der Waals surface area contributed by atoms with Gasteiger partial charge in [-0.15, -0.1) is 0 Å². The second-order valence-electron chi connectivity index (χ2n) is 5.44. The molecular formula is C14H26N4O2. The molecule has 0 radical (unpaired) electrons. The van der Waals surface area contributed by atoms with Crippen LogP contribution in [0.1, 0.15) is 32.0 Å². The molecule has 0 bridgehead atoms. The number of hydrogen-bond acceptors (Lipinski definition) is 4. The minimum absolute atomic E-state index is 0.0132. The molecule has 0 saturated carbocycles. The van der Waals surface area contributed by atoms with Crippen molar-refractivity contribution in [3.63, 3.8) is 0 Å². The first-order valence-corrected chi connectivity index (χ1v) is 6.94. The zero-order valence-electron chi connectivity index (χ0n) is 13.3. The number of carbonyl (C=O) groups is 1. The highest BCUT2D eigenvalue weighted by Crippen LogP contribution is 2.20. The molecule has 1 atom stereocenters. The lowest BCUT2D eigenvalue weighted by Gasteiger charge is -2.15. The maximum absolute atomic E-state index is 11.9. The molecule has 114 valence electrons. The van der Waals surface area contributed by atoms with E-state index < -0.39 is 0 Å². The maximum Gasteiger partial charge on any atom is 0.236 e. The quantitative estimate of drug-likeness (QED) is 0.782. The van der Waals surface area contributed by atoms with E-state index in [4.69, 9.17) is 4.74 Å². The van der Waals surface area contributed by atoms with Crippen LogP contribution in [0.3, 0.4) is 0 Å². The standard InChI is InChI=1S/C14H26N4O2/c1-9(2)7-16-13(19)11(4)15-8-12-10(3)17-18(5)14(12)20-6/h9,11,15H,7-8H2,1-6H3,(H,16,19). The van der Waals surface area contributed by atoms with Gasteiger partial charge in [-0.2, -0.15) is 5.10 Å². The fraction of sp³-hybridized carbons (Fsp3) is 0.714. The van der Waals surface area contributed by atoms with Gasteiger partial charge in [-0.25, -0.2) is 4.68 Å². The van der Waals surface area contributed by atoms with E-state index in [1.807, 2.05) is 20.9 Å². The molecule has 0 aliphatic heterocycles. The maximum atomic E-state index is 11.9. The number of hydrogen-bond donors (Lipinski definition) is 2. The molecule has 20 heavy (non-hydrogen) atoms. The van der Waals surface area contributed by atoms with Crippen molar-refractivity contribution < 1.29 is 9.53 Å². The first-order valence-electron chi connectivity index (χ1n) is 6.94. The number of aryl methyl sites for hydroxylation is 2. The number of carbonyl (C=O) groups excluding carboxylic acids is 1. The van der Waals surface area contributed by atoms with Gasteiger partial charge in [0.25, 0.3) is 0 Å². The van der Waals surface area contributed by atoms with Crippen molar-refractivity contribution in [2.45, 2.75) is 40.3 Å². The molecule has 6 heteroatoms. The average molecular weight is 282 g/mol. The lowest BCUT2D eigenvalue weighted by molar-refractivity contribution is -0.122. The van der Waals surface area contributed by atoms with Gasteiger partial charge in [-0.3, -0.25) is 4.79 Å². The third kappa shape index (κ3) is 4.23. The second kappa shape index (κ2) is 7.28. The summed E-state index contributed by atoms with van der Waals surface area (Å²) in [6.45, 7) is 9.18. The molecule has 1 heterocycles. The van der Waals surface area contributed by atoms with Gasteiger partial charge in [0.05, 0.1) is 24.4 Å². The summed E-state index contributed by atoms with van der Waals surface area (Å²) < 4.78 is 7.03. The first kappa shape index (κ1) is 16.5. The molecule has 0 aliphatic carbocycles. The van der Waals surface area contributed by atoms with Crippen LogP contribution < -0.4 is 15.4 Å². The number of nitrogens with one attached hydrogen (secondary N) is 2. The summed E-state index contributed by atoms with van der Waals surface area (Å²) in [5.41, 5.74) is 1.89.